The highest BCUT2D eigenvalue weighted by molar-refractivity contribution is 5.51. The number of nitriles is 1. The molecule has 0 fully saturated rings. The summed E-state index contributed by atoms with van der Waals surface area (Å²) in [5.41, 5.74) is 3.07. The van der Waals surface area contributed by atoms with Crippen LogP contribution in [0.3, 0.4) is 0 Å². The fraction of sp³-hybridized carbons (Fsp3) is 0.250. The van der Waals surface area contributed by atoms with Gasteiger partial charge in [0.1, 0.15) is 0 Å². The average Bonchev–Trinajstić information content (AvgIpc) is 2.67. The molecule has 0 aromatic heterocycles. The Labute approximate surface area is 83.9 Å². The first kappa shape index (κ1) is 8.83. The predicted octanol–water partition coefficient (Wildman–Crippen LogP) is 3.06. The molecule has 70 valence electrons. The van der Waals surface area contributed by atoms with Gasteiger partial charge < -0.3 is 5.32 Å². The van der Waals surface area contributed by atoms with Crippen molar-refractivity contribution in [3.8, 4) is 6.07 Å². The molecular formula is C12H12N2. The van der Waals surface area contributed by atoms with Gasteiger partial charge in [0.25, 0.3) is 0 Å². The van der Waals surface area contributed by atoms with Crippen molar-refractivity contribution in [3.63, 3.8) is 0 Å². The van der Waals surface area contributed by atoms with Gasteiger partial charge in [0.2, 0.25) is 0 Å². The highest BCUT2D eigenvalue weighted by Crippen LogP contribution is 2.26. The number of rotatable bonds is 2. The van der Waals surface area contributed by atoms with Crippen LogP contribution in [-0.4, -0.2) is 0 Å². The normalized spacial score (nSPS) is 15.4. The summed E-state index contributed by atoms with van der Waals surface area (Å²) in [6, 6.07) is 12.2. The minimum Gasteiger partial charge on any atom is -0.358 e. The van der Waals surface area contributed by atoms with E-state index in [0.29, 0.717) is 0 Å². The van der Waals surface area contributed by atoms with Gasteiger partial charge >= 0.3 is 0 Å². The molecule has 14 heavy (non-hydrogen) atoms. The Kier molecular flexibility index (Phi) is 2.51. The second kappa shape index (κ2) is 3.97. The maximum absolute atomic E-state index is 8.87. The first-order valence-electron chi connectivity index (χ1n) is 4.84. The SMILES string of the molecule is N#CC1=C(Nc2ccccc2)CCC1. The third kappa shape index (κ3) is 1.77. The number of nitrogens with one attached hydrogen (secondary N) is 1. The quantitative estimate of drug-likeness (QED) is 0.766. The molecular weight excluding hydrogens is 172 g/mol. The molecule has 0 saturated heterocycles. The van der Waals surface area contributed by atoms with Crippen molar-refractivity contribution in [2.24, 2.45) is 0 Å². The van der Waals surface area contributed by atoms with Crippen LogP contribution in [0.25, 0.3) is 0 Å². The van der Waals surface area contributed by atoms with E-state index in [9.17, 15) is 0 Å². The van der Waals surface area contributed by atoms with Crippen LogP contribution in [0, 0.1) is 11.3 Å². The van der Waals surface area contributed by atoms with Crippen molar-refractivity contribution >= 4 is 5.69 Å². The minimum atomic E-state index is 0.911. The maximum atomic E-state index is 8.87. The number of anilines is 1. The molecule has 0 bridgehead atoms. The molecule has 1 aliphatic rings. The van der Waals surface area contributed by atoms with Gasteiger partial charge in [0.15, 0.2) is 0 Å². The molecule has 0 radical (unpaired) electrons. The van der Waals surface area contributed by atoms with Crippen LogP contribution in [0.1, 0.15) is 19.3 Å². The van der Waals surface area contributed by atoms with Gasteiger partial charge in [-0.25, -0.2) is 0 Å². The molecule has 2 heteroatoms. The van der Waals surface area contributed by atoms with E-state index in [-0.39, 0.29) is 0 Å². The first-order valence-corrected chi connectivity index (χ1v) is 4.84. The van der Waals surface area contributed by atoms with Gasteiger partial charge in [-0.05, 0) is 31.4 Å². The van der Waals surface area contributed by atoms with E-state index in [0.717, 1.165) is 36.2 Å². The Morgan fingerprint density at radius 2 is 1.93 bits per heavy atom. The zero-order valence-electron chi connectivity index (χ0n) is 7.96. The molecule has 0 heterocycles. The molecule has 0 spiro atoms. The Morgan fingerprint density at radius 3 is 2.64 bits per heavy atom. The summed E-state index contributed by atoms with van der Waals surface area (Å²) >= 11 is 0. The minimum absolute atomic E-state index is 0.911. The summed E-state index contributed by atoms with van der Waals surface area (Å²) in [4.78, 5) is 0. The zero-order chi connectivity index (χ0) is 9.80. The van der Waals surface area contributed by atoms with Gasteiger partial charge in [-0.2, -0.15) is 5.26 Å². The Hall–Kier alpha value is -1.75. The van der Waals surface area contributed by atoms with Crippen molar-refractivity contribution in [1.29, 1.82) is 5.26 Å². The highest BCUT2D eigenvalue weighted by atomic mass is 14.9. The third-order valence-corrected chi connectivity index (χ3v) is 2.42. The van der Waals surface area contributed by atoms with Crippen LogP contribution in [0.2, 0.25) is 0 Å². The summed E-state index contributed by atoms with van der Waals surface area (Å²) in [6.07, 6.45) is 3.02. The van der Waals surface area contributed by atoms with Crippen molar-refractivity contribution in [3.05, 3.63) is 41.6 Å². The lowest BCUT2D eigenvalue weighted by Crippen LogP contribution is -1.97. The van der Waals surface area contributed by atoms with E-state index in [4.69, 9.17) is 5.26 Å². The van der Waals surface area contributed by atoms with E-state index < -0.39 is 0 Å². The summed E-state index contributed by atoms with van der Waals surface area (Å²) in [6.45, 7) is 0. The monoisotopic (exact) mass is 184 g/mol. The topological polar surface area (TPSA) is 35.8 Å². The molecule has 0 aliphatic heterocycles. The van der Waals surface area contributed by atoms with Gasteiger partial charge in [-0.1, -0.05) is 18.2 Å². The Morgan fingerprint density at radius 1 is 1.14 bits per heavy atom. The Bertz CT molecular complexity index is 385. The van der Waals surface area contributed by atoms with Gasteiger partial charge in [-0.3, -0.25) is 0 Å². The van der Waals surface area contributed by atoms with Gasteiger partial charge in [-0.15, -0.1) is 0 Å². The summed E-state index contributed by atoms with van der Waals surface area (Å²) in [5, 5.41) is 12.2. The Balaban J connectivity index is 2.16. The van der Waals surface area contributed by atoms with Crippen molar-refractivity contribution in [1.82, 2.24) is 0 Å². The summed E-state index contributed by atoms with van der Waals surface area (Å²) in [7, 11) is 0. The van der Waals surface area contributed by atoms with Crippen LogP contribution in [0.5, 0.6) is 0 Å². The van der Waals surface area contributed by atoms with E-state index in [2.05, 4.69) is 11.4 Å². The molecule has 0 amide bonds. The van der Waals surface area contributed by atoms with Crippen LogP contribution in [-0.2, 0) is 0 Å². The van der Waals surface area contributed by atoms with Crippen LogP contribution >= 0.6 is 0 Å². The summed E-state index contributed by atoms with van der Waals surface area (Å²) < 4.78 is 0. The molecule has 1 aromatic carbocycles. The summed E-state index contributed by atoms with van der Waals surface area (Å²) in [5.74, 6) is 0. The standard InChI is InChI=1S/C12H12N2/c13-9-10-5-4-8-12(10)14-11-6-2-1-3-7-11/h1-3,6-7,14H,4-5,8H2. The lowest BCUT2D eigenvalue weighted by atomic mass is 10.2. The second-order valence-electron chi connectivity index (χ2n) is 3.41. The van der Waals surface area contributed by atoms with E-state index in [1.807, 2.05) is 30.3 Å². The zero-order valence-corrected chi connectivity index (χ0v) is 7.96. The van der Waals surface area contributed by atoms with Crippen LogP contribution < -0.4 is 5.32 Å². The van der Waals surface area contributed by atoms with E-state index >= 15 is 0 Å². The average molecular weight is 184 g/mol. The van der Waals surface area contributed by atoms with E-state index in [1.54, 1.807) is 0 Å². The smallest absolute Gasteiger partial charge is 0.0965 e. The lowest BCUT2D eigenvalue weighted by Gasteiger charge is -2.06. The van der Waals surface area contributed by atoms with Crippen molar-refractivity contribution in [2.75, 3.05) is 5.32 Å². The number of hydrogen-bond acceptors (Lipinski definition) is 2. The third-order valence-electron chi connectivity index (χ3n) is 2.42. The highest BCUT2D eigenvalue weighted by Gasteiger charge is 2.13. The van der Waals surface area contributed by atoms with Crippen molar-refractivity contribution in [2.45, 2.75) is 19.3 Å². The lowest BCUT2D eigenvalue weighted by molar-refractivity contribution is 0.901. The molecule has 0 unspecified atom stereocenters. The number of para-hydroxylation sites is 1. The predicted molar refractivity (Wildman–Crippen MR) is 56.6 cm³/mol. The molecule has 2 nitrogen and oxygen atoms in total. The molecule has 0 atom stereocenters. The number of allylic oxidation sites excluding steroid dienone is 2. The molecule has 1 N–H and O–H groups in total. The van der Waals surface area contributed by atoms with Crippen LogP contribution in [0.4, 0.5) is 5.69 Å². The first-order chi connectivity index (χ1) is 6.90. The van der Waals surface area contributed by atoms with E-state index in [1.165, 1.54) is 0 Å². The number of benzene rings is 1. The fourth-order valence-electron chi connectivity index (χ4n) is 1.70. The maximum Gasteiger partial charge on any atom is 0.0965 e. The molecule has 2 rings (SSSR count). The van der Waals surface area contributed by atoms with Gasteiger partial charge in [0, 0.05) is 17.0 Å². The van der Waals surface area contributed by atoms with Crippen molar-refractivity contribution < 1.29 is 0 Å². The largest absolute Gasteiger partial charge is 0.358 e. The number of nitrogens with zero attached hydrogens (tertiary/aromatic N) is 1. The van der Waals surface area contributed by atoms with Crippen LogP contribution in [0.15, 0.2) is 41.6 Å². The second-order valence-corrected chi connectivity index (χ2v) is 3.41. The molecule has 0 saturated carbocycles. The molecule has 1 aliphatic carbocycles. The number of hydrogen-bond donors (Lipinski definition) is 1. The molecule has 1 aromatic rings. The fourth-order valence-corrected chi connectivity index (χ4v) is 1.70. The van der Waals surface area contributed by atoms with Gasteiger partial charge in [0.05, 0.1) is 6.07 Å².